The minimum absolute atomic E-state index is 0.0158. The molecule has 0 fully saturated rings. The van der Waals surface area contributed by atoms with E-state index < -0.39 is 73.0 Å². The van der Waals surface area contributed by atoms with Crippen molar-refractivity contribution < 1.29 is 127 Å². The van der Waals surface area contributed by atoms with Crippen LogP contribution in [0, 0.1) is 0 Å². The molecule has 0 aromatic rings. The van der Waals surface area contributed by atoms with Crippen molar-refractivity contribution in [3.05, 3.63) is 0 Å². The van der Waals surface area contributed by atoms with Gasteiger partial charge in [-0.2, -0.15) is 82.9 Å². The van der Waals surface area contributed by atoms with Crippen LogP contribution >= 0.6 is 12.6 Å². The first-order chi connectivity index (χ1) is 28.4. The molecule has 0 aliphatic heterocycles. The number of alkyl halides is 16. The molecule has 0 aliphatic rings. The molecule has 0 aromatic heterocycles. The lowest BCUT2D eigenvalue weighted by molar-refractivity contribution is -0.453. The fraction of sp³-hybridized carbons (Fsp3) is 1.00. The molecule has 0 bridgehead atoms. The van der Waals surface area contributed by atoms with Gasteiger partial charge in [0, 0.05) is 0 Å². The van der Waals surface area contributed by atoms with E-state index >= 15 is 0 Å². The molecule has 12 nitrogen and oxygen atoms in total. The first-order valence-electron chi connectivity index (χ1n) is 18.0. The second kappa shape index (κ2) is 29.3. The minimum atomic E-state index is -8.49. The highest BCUT2D eigenvalue weighted by Gasteiger charge is 2.94. The number of thiol groups is 1. The summed E-state index contributed by atoms with van der Waals surface area (Å²) >= 11 is 2.44. The van der Waals surface area contributed by atoms with Gasteiger partial charge in [-0.05, 0) is 0 Å². The third-order valence-electron chi connectivity index (χ3n) is 7.33. The maximum Gasteiger partial charge on any atom is 0.385 e. The molecule has 0 rings (SSSR count). The van der Waals surface area contributed by atoms with Gasteiger partial charge in [-0.25, -0.2) is 0 Å². The van der Waals surface area contributed by atoms with Gasteiger partial charge >= 0.3 is 47.4 Å². The minimum Gasteiger partial charge on any atom is -0.394 e. The lowest BCUT2D eigenvalue weighted by Gasteiger charge is -2.43. The summed E-state index contributed by atoms with van der Waals surface area (Å²) in [6.45, 7) is -0.225. The largest absolute Gasteiger partial charge is 0.394 e. The molecule has 0 amide bonds. The molecule has 61 heavy (non-hydrogen) atoms. The standard InChI is InChI=1S/C32H50F16O12S/c33-25(34,27(37,38)29(41,42)31(45,46)32(47,48)30(43,44)28(39,40)26(35,36)24-61)23-60-22-21-59-20-19-58-18-17-57-16-15-56-14-13-55-12-11-54-10-9-53-8-7-52-6-5-51-4-3-50-2-1-49/h49,61H,1-24H2. The molecule has 0 atom stereocenters. The van der Waals surface area contributed by atoms with Gasteiger partial charge in [-0.3, -0.25) is 0 Å². The molecule has 0 radical (unpaired) electrons. The highest BCUT2D eigenvalue weighted by atomic mass is 32.1. The summed E-state index contributed by atoms with van der Waals surface area (Å²) in [6.07, 6.45) is 0. The average molecular weight is 963 g/mol. The zero-order valence-electron chi connectivity index (χ0n) is 32.4. The van der Waals surface area contributed by atoms with E-state index in [-0.39, 0.29) is 66.1 Å². The Balaban J connectivity index is 4.02. The molecule has 0 heterocycles. The Kier molecular flexibility index (Phi) is 28.7. The van der Waals surface area contributed by atoms with Crippen LogP contribution < -0.4 is 0 Å². The van der Waals surface area contributed by atoms with Gasteiger partial charge in [0.1, 0.15) is 6.61 Å². The number of aliphatic hydroxyl groups is 1. The lowest BCUT2D eigenvalue weighted by atomic mass is 9.88. The normalized spacial score (nSPS) is 14.1. The molecular weight excluding hydrogens is 912 g/mol. The summed E-state index contributed by atoms with van der Waals surface area (Å²) in [4.78, 5) is 0. The van der Waals surface area contributed by atoms with E-state index in [2.05, 4.69) is 17.4 Å². The van der Waals surface area contributed by atoms with Crippen molar-refractivity contribution in [3.8, 4) is 0 Å². The van der Waals surface area contributed by atoms with Crippen molar-refractivity contribution >= 4 is 12.6 Å². The lowest BCUT2D eigenvalue weighted by Crippen LogP contribution is -2.75. The summed E-state index contributed by atoms with van der Waals surface area (Å²) in [5.74, 6) is -64.5. The monoisotopic (exact) mass is 962 g/mol. The van der Waals surface area contributed by atoms with Crippen LogP contribution in [-0.2, 0) is 52.1 Å². The third kappa shape index (κ3) is 18.6. The van der Waals surface area contributed by atoms with Crippen LogP contribution in [0.1, 0.15) is 0 Å². The van der Waals surface area contributed by atoms with Crippen LogP contribution in [0.5, 0.6) is 0 Å². The second-order valence-electron chi connectivity index (χ2n) is 11.9. The third-order valence-corrected chi connectivity index (χ3v) is 7.73. The predicted octanol–water partition coefficient (Wildman–Crippen LogP) is 5.17. The van der Waals surface area contributed by atoms with Gasteiger partial charge < -0.3 is 57.2 Å². The topological polar surface area (TPSA) is 122 Å². The van der Waals surface area contributed by atoms with Crippen molar-refractivity contribution in [2.75, 3.05) is 158 Å². The smallest absolute Gasteiger partial charge is 0.385 e. The van der Waals surface area contributed by atoms with Gasteiger partial charge in [-0.1, -0.05) is 0 Å². The van der Waals surface area contributed by atoms with Crippen LogP contribution in [0.4, 0.5) is 70.2 Å². The molecule has 0 aliphatic carbocycles. The van der Waals surface area contributed by atoms with Crippen LogP contribution in [0.15, 0.2) is 0 Å². The van der Waals surface area contributed by atoms with Gasteiger partial charge in [0.15, 0.2) is 0 Å². The molecule has 0 unspecified atom stereocenters. The Morgan fingerprint density at radius 3 is 0.656 bits per heavy atom. The second-order valence-corrected chi connectivity index (χ2v) is 12.2. The van der Waals surface area contributed by atoms with Crippen molar-refractivity contribution in [2.45, 2.75) is 47.4 Å². The Hall–Kier alpha value is -1.25. The highest BCUT2D eigenvalue weighted by molar-refractivity contribution is 7.80. The van der Waals surface area contributed by atoms with E-state index in [1.54, 1.807) is 0 Å². The van der Waals surface area contributed by atoms with Gasteiger partial charge in [0.2, 0.25) is 0 Å². The predicted molar refractivity (Wildman–Crippen MR) is 180 cm³/mol. The Morgan fingerprint density at radius 1 is 0.262 bits per heavy atom. The Labute approximate surface area is 345 Å². The number of halogens is 16. The van der Waals surface area contributed by atoms with E-state index in [4.69, 9.17) is 52.5 Å². The van der Waals surface area contributed by atoms with E-state index in [9.17, 15) is 70.2 Å². The zero-order valence-corrected chi connectivity index (χ0v) is 33.3. The van der Waals surface area contributed by atoms with Crippen molar-refractivity contribution in [3.63, 3.8) is 0 Å². The molecule has 0 saturated carbocycles. The first-order valence-corrected chi connectivity index (χ1v) is 18.6. The molecule has 0 aromatic carbocycles. The average Bonchev–Trinajstić information content (AvgIpc) is 3.19. The Morgan fingerprint density at radius 2 is 0.443 bits per heavy atom. The summed E-state index contributed by atoms with van der Waals surface area (Å²) < 4.78 is 275. The van der Waals surface area contributed by atoms with E-state index in [1.165, 1.54) is 0 Å². The molecule has 368 valence electrons. The van der Waals surface area contributed by atoms with E-state index in [1.807, 2.05) is 0 Å². The molecule has 29 heteroatoms. The summed E-state index contributed by atoms with van der Waals surface area (Å²) in [7, 11) is 0. The number of aliphatic hydroxyl groups excluding tert-OH is 1. The SMILES string of the molecule is OCCOCCOCCOCCOCCOCCOCCOCCOCCOCCOCCOCC(F)(F)C(F)(F)C(F)(F)C(F)(F)C(F)(F)C(F)(F)C(F)(F)C(F)(F)CS. The van der Waals surface area contributed by atoms with Crippen molar-refractivity contribution in [1.29, 1.82) is 0 Å². The van der Waals surface area contributed by atoms with Crippen molar-refractivity contribution in [1.82, 2.24) is 0 Å². The molecule has 0 spiro atoms. The van der Waals surface area contributed by atoms with Crippen LogP contribution in [-0.4, -0.2) is 210 Å². The number of hydrogen-bond acceptors (Lipinski definition) is 13. The van der Waals surface area contributed by atoms with Gasteiger partial charge in [0.25, 0.3) is 0 Å². The van der Waals surface area contributed by atoms with Crippen molar-refractivity contribution in [2.24, 2.45) is 0 Å². The molecule has 0 saturated heterocycles. The maximum atomic E-state index is 13.9. The van der Waals surface area contributed by atoms with Crippen LogP contribution in [0.25, 0.3) is 0 Å². The zero-order chi connectivity index (χ0) is 46.7. The van der Waals surface area contributed by atoms with Crippen LogP contribution in [0.2, 0.25) is 0 Å². The number of hydrogen-bond donors (Lipinski definition) is 2. The summed E-state index contributed by atoms with van der Waals surface area (Å²) in [5, 5.41) is 8.56. The number of rotatable bonds is 42. The first kappa shape index (κ1) is 59.8. The van der Waals surface area contributed by atoms with E-state index in [0.717, 1.165) is 0 Å². The summed E-state index contributed by atoms with van der Waals surface area (Å²) in [5.41, 5.74) is 0. The fourth-order valence-corrected chi connectivity index (χ4v) is 4.10. The van der Waals surface area contributed by atoms with Crippen LogP contribution in [0.3, 0.4) is 0 Å². The highest BCUT2D eigenvalue weighted by Crippen LogP contribution is 2.63. The Bertz CT molecular complexity index is 1120. The molecular formula is C32H50F16O12S. The number of ether oxygens (including phenoxy) is 11. The quantitative estimate of drug-likeness (QED) is 0.0477. The van der Waals surface area contributed by atoms with Gasteiger partial charge in [-0.15, -0.1) is 0 Å². The fourth-order valence-electron chi connectivity index (χ4n) is 3.90. The van der Waals surface area contributed by atoms with E-state index in [0.29, 0.717) is 66.1 Å². The summed E-state index contributed by atoms with van der Waals surface area (Å²) in [6, 6.07) is 0. The molecule has 1 N–H and O–H groups in total. The maximum absolute atomic E-state index is 13.9. The van der Waals surface area contributed by atoms with Gasteiger partial charge in [0.05, 0.1) is 151 Å².